The maximum Gasteiger partial charge on any atom is 0.136 e. The minimum Gasteiger partial charge on any atom is -0.312 e. The Bertz CT molecular complexity index is 541. The summed E-state index contributed by atoms with van der Waals surface area (Å²) in [5, 5.41) is 7.61. The lowest BCUT2D eigenvalue weighted by molar-refractivity contribution is 0.597. The highest BCUT2D eigenvalue weighted by Crippen LogP contribution is 2.26. The van der Waals surface area contributed by atoms with Gasteiger partial charge in [0.15, 0.2) is 0 Å². The molecule has 0 aliphatic rings. The highest BCUT2D eigenvalue weighted by atomic mass is 32.2. The Labute approximate surface area is 123 Å². The molecule has 1 N–H and O–H groups in total. The number of halogens is 1. The first kappa shape index (κ1) is 15.1. The van der Waals surface area contributed by atoms with Crippen molar-refractivity contribution in [1.82, 2.24) is 15.1 Å². The number of hydrogen-bond donors (Lipinski definition) is 1. The lowest BCUT2D eigenvalue weighted by Gasteiger charge is -2.14. The fraction of sp³-hybridized carbons (Fsp3) is 0.400. The summed E-state index contributed by atoms with van der Waals surface area (Å²) in [6.45, 7) is 3.06. The van der Waals surface area contributed by atoms with E-state index >= 15 is 0 Å². The molecule has 0 bridgehead atoms. The van der Waals surface area contributed by atoms with Crippen molar-refractivity contribution < 1.29 is 4.39 Å². The molecule has 0 radical (unpaired) electrons. The van der Waals surface area contributed by atoms with Crippen LogP contribution in [0.15, 0.2) is 41.6 Å². The monoisotopic (exact) mass is 293 g/mol. The van der Waals surface area contributed by atoms with Crippen molar-refractivity contribution in [2.24, 2.45) is 0 Å². The molecule has 0 amide bonds. The minimum absolute atomic E-state index is 0.158. The Balaban J connectivity index is 1.99. The summed E-state index contributed by atoms with van der Waals surface area (Å²) in [5.41, 5.74) is 1.14. The Kier molecular flexibility index (Phi) is 5.61. The van der Waals surface area contributed by atoms with Gasteiger partial charge in [0.05, 0.1) is 6.20 Å². The van der Waals surface area contributed by atoms with E-state index in [0.29, 0.717) is 4.90 Å². The molecule has 1 aromatic carbocycles. The fourth-order valence-corrected chi connectivity index (χ4v) is 3.08. The van der Waals surface area contributed by atoms with E-state index < -0.39 is 0 Å². The quantitative estimate of drug-likeness (QED) is 0.793. The van der Waals surface area contributed by atoms with Crippen molar-refractivity contribution >= 4 is 11.8 Å². The first-order valence-electron chi connectivity index (χ1n) is 6.81. The van der Waals surface area contributed by atoms with Crippen LogP contribution in [0, 0.1) is 5.82 Å². The Morgan fingerprint density at radius 2 is 2.20 bits per heavy atom. The van der Waals surface area contributed by atoms with Gasteiger partial charge in [-0.25, -0.2) is 4.39 Å². The average molecular weight is 293 g/mol. The van der Waals surface area contributed by atoms with E-state index in [9.17, 15) is 4.39 Å². The van der Waals surface area contributed by atoms with E-state index in [2.05, 4.69) is 23.5 Å². The van der Waals surface area contributed by atoms with E-state index in [1.165, 1.54) is 17.8 Å². The number of benzene rings is 1. The largest absolute Gasteiger partial charge is 0.312 e. The average Bonchev–Trinajstić information content (AvgIpc) is 2.90. The zero-order chi connectivity index (χ0) is 14.4. The minimum atomic E-state index is -0.158. The van der Waals surface area contributed by atoms with Gasteiger partial charge in [0.25, 0.3) is 0 Å². The van der Waals surface area contributed by atoms with Crippen molar-refractivity contribution in [3.05, 3.63) is 48.0 Å². The maximum atomic E-state index is 13.6. The first-order chi connectivity index (χ1) is 9.74. The summed E-state index contributed by atoms with van der Waals surface area (Å²) in [7, 11) is 1.92. The smallest absolute Gasteiger partial charge is 0.136 e. The molecular formula is C15H20FN3S. The van der Waals surface area contributed by atoms with Gasteiger partial charge in [0, 0.05) is 35.0 Å². The van der Waals surface area contributed by atoms with Gasteiger partial charge < -0.3 is 5.32 Å². The molecule has 108 valence electrons. The van der Waals surface area contributed by atoms with Crippen LogP contribution >= 0.6 is 11.8 Å². The van der Waals surface area contributed by atoms with Crippen LogP contribution < -0.4 is 5.32 Å². The second kappa shape index (κ2) is 7.45. The van der Waals surface area contributed by atoms with Crippen LogP contribution in [0.25, 0.3) is 0 Å². The number of thioether (sulfide) groups is 1. The molecule has 2 aromatic rings. The molecule has 1 aromatic heterocycles. The molecule has 0 aliphatic heterocycles. The Morgan fingerprint density at radius 3 is 2.90 bits per heavy atom. The van der Waals surface area contributed by atoms with E-state index in [0.717, 1.165) is 24.3 Å². The van der Waals surface area contributed by atoms with Crippen LogP contribution in [-0.4, -0.2) is 22.6 Å². The van der Waals surface area contributed by atoms with Crippen molar-refractivity contribution in [2.75, 3.05) is 12.8 Å². The molecule has 2 rings (SSSR count). The highest BCUT2D eigenvalue weighted by Gasteiger charge is 2.13. The SMILES string of the molecule is CCCn1cc(C(CSc2ccccc2F)NC)cn1. The summed E-state index contributed by atoms with van der Waals surface area (Å²) in [6.07, 6.45) is 5.01. The van der Waals surface area contributed by atoms with Crippen molar-refractivity contribution in [1.29, 1.82) is 0 Å². The molecule has 0 aliphatic carbocycles. The maximum absolute atomic E-state index is 13.6. The highest BCUT2D eigenvalue weighted by molar-refractivity contribution is 7.99. The normalized spacial score (nSPS) is 12.6. The van der Waals surface area contributed by atoms with E-state index in [4.69, 9.17) is 0 Å². The van der Waals surface area contributed by atoms with Gasteiger partial charge in [0.2, 0.25) is 0 Å². The molecule has 20 heavy (non-hydrogen) atoms. The summed E-state index contributed by atoms with van der Waals surface area (Å²) in [4.78, 5) is 0.689. The number of aryl methyl sites for hydroxylation is 1. The van der Waals surface area contributed by atoms with E-state index in [-0.39, 0.29) is 11.9 Å². The van der Waals surface area contributed by atoms with E-state index in [1.807, 2.05) is 30.1 Å². The third kappa shape index (κ3) is 3.84. The van der Waals surface area contributed by atoms with Gasteiger partial charge >= 0.3 is 0 Å². The summed E-state index contributed by atoms with van der Waals surface area (Å²) < 4.78 is 15.5. The second-order valence-electron chi connectivity index (χ2n) is 4.62. The van der Waals surface area contributed by atoms with Crippen LogP contribution in [0.1, 0.15) is 24.9 Å². The Hall–Kier alpha value is -1.33. The zero-order valence-electron chi connectivity index (χ0n) is 11.8. The third-order valence-corrected chi connectivity index (χ3v) is 4.24. The van der Waals surface area contributed by atoms with Crippen LogP contribution in [0.3, 0.4) is 0 Å². The molecule has 1 heterocycles. The molecule has 0 saturated heterocycles. The molecule has 3 nitrogen and oxygen atoms in total. The summed E-state index contributed by atoms with van der Waals surface area (Å²) in [6, 6.07) is 7.05. The predicted octanol–water partition coefficient (Wildman–Crippen LogP) is 3.49. The van der Waals surface area contributed by atoms with Gasteiger partial charge in [-0.2, -0.15) is 5.10 Å². The zero-order valence-corrected chi connectivity index (χ0v) is 12.7. The van der Waals surface area contributed by atoms with Crippen LogP contribution in [0.4, 0.5) is 4.39 Å². The molecule has 1 atom stereocenters. The van der Waals surface area contributed by atoms with Crippen LogP contribution in [0.5, 0.6) is 0 Å². The van der Waals surface area contributed by atoms with Crippen LogP contribution in [0.2, 0.25) is 0 Å². The summed E-state index contributed by atoms with van der Waals surface area (Å²) >= 11 is 1.52. The lowest BCUT2D eigenvalue weighted by Crippen LogP contribution is -2.18. The standard InChI is InChI=1S/C15H20FN3S/c1-3-8-19-10-12(9-18-19)14(17-2)11-20-15-7-5-4-6-13(15)16/h4-7,9-10,14,17H,3,8,11H2,1-2H3. The lowest BCUT2D eigenvalue weighted by atomic mass is 10.2. The van der Waals surface area contributed by atoms with Gasteiger partial charge in [-0.15, -0.1) is 11.8 Å². The molecule has 0 fully saturated rings. The number of aromatic nitrogens is 2. The summed E-state index contributed by atoms with van der Waals surface area (Å²) in [5.74, 6) is 0.615. The molecule has 0 saturated carbocycles. The Morgan fingerprint density at radius 1 is 1.40 bits per heavy atom. The van der Waals surface area contributed by atoms with Gasteiger partial charge in [-0.05, 0) is 25.6 Å². The predicted molar refractivity (Wildman–Crippen MR) is 81.4 cm³/mol. The van der Waals surface area contributed by atoms with Crippen LogP contribution in [-0.2, 0) is 6.54 Å². The topological polar surface area (TPSA) is 29.9 Å². The third-order valence-electron chi connectivity index (χ3n) is 3.10. The molecule has 1 unspecified atom stereocenters. The number of nitrogens with one attached hydrogen (secondary N) is 1. The van der Waals surface area contributed by atoms with Crippen molar-refractivity contribution in [3.8, 4) is 0 Å². The van der Waals surface area contributed by atoms with Gasteiger partial charge in [0.1, 0.15) is 5.82 Å². The van der Waals surface area contributed by atoms with Gasteiger partial charge in [-0.3, -0.25) is 4.68 Å². The fourth-order valence-electron chi connectivity index (χ4n) is 1.99. The number of hydrogen-bond acceptors (Lipinski definition) is 3. The van der Waals surface area contributed by atoms with E-state index in [1.54, 1.807) is 6.07 Å². The number of rotatable bonds is 7. The van der Waals surface area contributed by atoms with Crippen molar-refractivity contribution in [3.63, 3.8) is 0 Å². The molecule has 5 heteroatoms. The van der Waals surface area contributed by atoms with Crippen molar-refractivity contribution in [2.45, 2.75) is 30.8 Å². The first-order valence-corrected chi connectivity index (χ1v) is 7.80. The molecular weight excluding hydrogens is 273 g/mol. The number of nitrogens with zero attached hydrogens (tertiary/aromatic N) is 2. The molecule has 0 spiro atoms. The second-order valence-corrected chi connectivity index (χ2v) is 5.68. The van der Waals surface area contributed by atoms with Gasteiger partial charge in [-0.1, -0.05) is 19.1 Å².